The number of nitrogens with two attached hydrogens (primary N) is 2. The highest BCUT2D eigenvalue weighted by Crippen LogP contribution is 2.11. The maximum Gasteiger partial charge on any atom is 0.311 e. The fourth-order valence-corrected chi connectivity index (χ4v) is 1.15. The summed E-state index contributed by atoms with van der Waals surface area (Å²) in [5.74, 6) is -1.20. The first-order valence-electron chi connectivity index (χ1n) is 4.83. The van der Waals surface area contributed by atoms with Gasteiger partial charge in [0.15, 0.2) is 6.10 Å². The molecule has 86 valence electrons. The number of para-hydroxylation sites is 1. The lowest BCUT2D eigenvalue weighted by atomic mass is 10.1. The Bertz CT molecular complexity index is 404. The van der Waals surface area contributed by atoms with Crippen molar-refractivity contribution in [3.05, 3.63) is 29.8 Å². The molecular weight excluding hydrogens is 208 g/mol. The monoisotopic (exact) mass is 222 g/mol. The number of nitrogen functional groups attached to an aromatic ring is 1. The van der Waals surface area contributed by atoms with Crippen LogP contribution in [0, 0.1) is 0 Å². The molecule has 16 heavy (non-hydrogen) atoms. The number of benzene rings is 1. The Morgan fingerprint density at radius 2 is 2.00 bits per heavy atom. The van der Waals surface area contributed by atoms with Gasteiger partial charge in [0, 0.05) is 5.69 Å². The van der Waals surface area contributed by atoms with Gasteiger partial charge < -0.3 is 16.2 Å². The van der Waals surface area contributed by atoms with Gasteiger partial charge in [-0.15, -0.1) is 0 Å². The van der Waals surface area contributed by atoms with Crippen molar-refractivity contribution in [1.82, 2.24) is 0 Å². The van der Waals surface area contributed by atoms with Gasteiger partial charge in [-0.25, -0.2) is 0 Å². The van der Waals surface area contributed by atoms with E-state index in [4.69, 9.17) is 16.2 Å². The standard InChI is InChI=1S/C11H14N2O3/c1-7(11(13)15)16-10(14)6-8-4-2-3-5-9(8)12/h2-5,7H,6,12H2,1H3,(H2,13,15). The lowest BCUT2D eigenvalue weighted by Crippen LogP contribution is -2.31. The van der Waals surface area contributed by atoms with E-state index in [9.17, 15) is 9.59 Å². The predicted molar refractivity (Wildman–Crippen MR) is 59.3 cm³/mol. The third kappa shape index (κ3) is 3.27. The van der Waals surface area contributed by atoms with Crippen molar-refractivity contribution in [3.8, 4) is 0 Å². The minimum atomic E-state index is -0.919. The number of esters is 1. The summed E-state index contributed by atoms with van der Waals surface area (Å²) in [6.07, 6.45) is -0.887. The first-order chi connectivity index (χ1) is 7.50. The molecule has 1 amide bonds. The van der Waals surface area contributed by atoms with Crippen LogP contribution in [0.2, 0.25) is 0 Å². The Balaban J connectivity index is 2.59. The van der Waals surface area contributed by atoms with Crippen LogP contribution >= 0.6 is 0 Å². The van der Waals surface area contributed by atoms with Gasteiger partial charge in [0.05, 0.1) is 6.42 Å². The molecule has 0 fully saturated rings. The number of rotatable bonds is 4. The SMILES string of the molecule is CC(OC(=O)Cc1ccccc1N)C(N)=O. The third-order valence-corrected chi connectivity index (χ3v) is 2.10. The molecule has 0 saturated heterocycles. The molecule has 0 aliphatic heterocycles. The van der Waals surface area contributed by atoms with Crippen LogP contribution in [0.15, 0.2) is 24.3 Å². The molecule has 0 aromatic heterocycles. The Kier molecular flexibility index (Phi) is 3.88. The number of ether oxygens (including phenoxy) is 1. The molecule has 0 aliphatic rings. The highest BCUT2D eigenvalue weighted by atomic mass is 16.5. The summed E-state index contributed by atoms with van der Waals surface area (Å²) in [6, 6.07) is 6.97. The summed E-state index contributed by atoms with van der Waals surface area (Å²) in [6.45, 7) is 1.43. The molecule has 1 aromatic rings. The Hall–Kier alpha value is -2.04. The maximum atomic E-state index is 11.4. The zero-order chi connectivity index (χ0) is 12.1. The molecule has 0 spiro atoms. The van der Waals surface area contributed by atoms with E-state index in [1.165, 1.54) is 6.92 Å². The molecule has 5 heteroatoms. The first-order valence-corrected chi connectivity index (χ1v) is 4.83. The third-order valence-electron chi connectivity index (χ3n) is 2.10. The molecule has 1 rings (SSSR count). The minimum Gasteiger partial charge on any atom is -0.452 e. The van der Waals surface area contributed by atoms with E-state index >= 15 is 0 Å². The maximum absolute atomic E-state index is 11.4. The van der Waals surface area contributed by atoms with Crippen LogP contribution in [0.1, 0.15) is 12.5 Å². The molecule has 0 radical (unpaired) electrons. The summed E-state index contributed by atoms with van der Waals surface area (Å²) < 4.78 is 4.80. The van der Waals surface area contributed by atoms with E-state index in [1.807, 2.05) is 0 Å². The summed E-state index contributed by atoms with van der Waals surface area (Å²) in [7, 11) is 0. The van der Waals surface area contributed by atoms with E-state index in [1.54, 1.807) is 24.3 Å². The molecule has 0 aliphatic carbocycles. The first kappa shape index (κ1) is 12.0. The number of carbonyl (C=O) groups excluding carboxylic acids is 2. The quantitative estimate of drug-likeness (QED) is 0.563. The number of carbonyl (C=O) groups is 2. The number of hydrogen-bond donors (Lipinski definition) is 2. The van der Waals surface area contributed by atoms with E-state index < -0.39 is 18.0 Å². The molecule has 1 unspecified atom stereocenters. The van der Waals surface area contributed by atoms with Crippen molar-refractivity contribution in [2.24, 2.45) is 5.73 Å². The van der Waals surface area contributed by atoms with Crippen molar-refractivity contribution in [2.75, 3.05) is 5.73 Å². The number of anilines is 1. The van der Waals surface area contributed by atoms with Gasteiger partial charge >= 0.3 is 5.97 Å². The van der Waals surface area contributed by atoms with Crippen LogP contribution in [-0.2, 0) is 20.7 Å². The van der Waals surface area contributed by atoms with Gasteiger partial charge in [-0.1, -0.05) is 18.2 Å². The van der Waals surface area contributed by atoms with Crippen molar-refractivity contribution in [1.29, 1.82) is 0 Å². The van der Waals surface area contributed by atoms with E-state index in [0.29, 0.717) is 11.3 Å². The minimum absolute atomic E-state index is 0.0320. The summed E-state index contributed by atoms with van der Waals surface area (Å²) >= 11 is 0. The highest BCUT2D eigenvalue weighted by Gasteiger charge is 2.15. The summed E-state index contributed by atoms with van der Waals surface area (Å²) in [5, 5.41) is 0. The molecule has 4 N–H and O–H groups in total. The van der Waals surface area contributed by atoms with Crippen molar-refractivity contribution < 1.29 is 14.3 Å². The van der Waals surface area contributed by atoms with Gasteiger partial charge in [0.25, 0.3) is 5.91 Å². The largest absolute Gasteiger partial charge is 0.452 e. The zero-order valence-electron chi connectivity index (χ0n) is 8.97. The fourth-order valence-electron chi connectivity index (χ4n) is 1.15. The van der Waals surface area contributed by atoms with Crippen LogP contribution in [0.3, 0.4) is 0 Å². The Morgan fingerprint density at radius 1 is 1.38 bits per heavy atom. The van der Waals surface area contributed by atoms with Gasteiger partial charge in [-0.05, 0) is 18.6 Å². The molecule has 0 heterocycles. The molecule has 0 saturated carbocycles. The van der Waals surface area contributed by atoms with Gasteiger partial charge in [0.1, 0.15) is 0 Å². The molecule has 1 atom stereocenters. The van der Waals surface area contributed by atoms with Crippen LogP contribution in [0.4, 0.5) is 5.69 Å². The molecule has 1 aromatic carbocycles. The van der Waals surface area contributed by atoms with E-state index in [0.717, 1.165) is 0 Å². The number of hydrogen-bond acceptors (Lipinski definition) is 4. The van der Waals surface area contributed by atoms with E-state index in [-0.39, 0.29) is 6.42 Å². The lowest BCUT2D eigenvalue weighted by Gasteiger charge is -2.10. The molecule has 5 nitrogen and oxygen atoms in total. The second kappa shape index (κ2) is 5.16. The van der Waals surface area contributed by atoms with Crippen molar-refractivity contribution >= 4 is 17.6 Å². The average Bonchev–Trinajstić information content (AvgIpc) is 2.21. The van der Waals surface area contributed by atoms with Gasteiger partial charge in [-0.3, -0.25) is 9.59 Å². The van der Waals surface area contributed by atoms with Crippen molar-refractivity contribution in [3.63, 3.8) is 0 Å². The van der Waals surface area contributed by atoms with Gasteiger partial charge in [0.2, 0.25) is 0 Å². The van der Waals surface area contributed by atoms with Crippen LogP contribution < -0.4 is 11.5 Å². The van der Waals surface area contributed by atoms with Gasteiger partial charge in [-0.2, -0.15) is 0 Å². The second-order valence-corrected chi connectivity index (χ2v) is 3.41. The highest BCUT2D eigenvalue weighted by molar-refractivity contribution is 5.83. The number of primary amides is 1. The summed E-state index contributed by atoms with van der Waals surface area (Å²) in [4.78, 5) is 22.1. The fraction of sp³-hybridized carbons (Fsp3) is 0.273. The van der Waals surface area contributed by atoms with Crippen LogP contribution in [0.25, 0.3) is 0 Å². The van der Waals surface area contributed by atoms with Crippen molar-refractivity contribution in [2.45, 2.75) is 19.4 Å². The average molecular weight is 222 g/mol. The predicted octanol–water partition coefficient (Wildman–Crippen LogP) is 0.228. The van der Waals surface area contributed by atoms with Crippen LogP contribution in [0.5, 0.6) is 0 Å². The lowest BCUT2D eigenvalue weighted by molar-refractivity contribution is -0.153. The number of amides is 1. The summed E-state index contributed by atoms with van der Waals surface area (Å²) in [5.41, 5.74) is 11.8. The second-order valence-electron chi connectivity index (χ2n) is 3.41. The van der Waals surface area contributed by atoms with E-state index in [2.05, 4.69) is 0 Å². The Labute approximate surface area is 93.4 Å². The Morgan fingerprint density at radius 3 is 2.56 bits per heavy atom. The molecular formula is C11H14N2O3. The van der Waals surface area contributed by atoms with Crippen LogP contribution in [-0.4, -0.2) is 18.0 Å². The molecule has 0 bridgehead atoms. The topological polar surface area (TPSA) is 95.4 Å². The normalized spacial score (nSPS) is 11.8. The smallest absolute Gasteiger partial charge is 0.311 e. The zero-order valence-corrected chi connectivity index (χ0v) is 8.97.